The van der Waals surface area contributed by atoms with E-state index in [1.165, 1.54) is 0 Å². The van der Waals surface area contributed by atoms with Gasteiger partial charge in [-0.15, -0.1) is 0 Å². The third-order valence-corrected chi connectivity index (χ3v) is 4.81. The number of nitrogens with zero attached hydrogens (tertiary/aromatic N) is 5. The molecule has 2 aliphatic heterocycles. The predicted octanol–water partition coefficient (Wildman–Crippen LogP) is 0.133. The second-order valence-electron chi connectivity index (χ2n) is 6.57. The van der Waals surface area contributed by atoms with Gasteiger partial charge in [-0.05, 0) is 6.42 Å². The first kappa shape index (κ1) is 17.3. The Morgan fingerprint density at radius 3 is 2.67 bits per heavy atom. The molecule has 0 aliphatic carbocycles. The first-order chi connectivity index (χ1) is 11.6. The fourth-order valence-electron chi connectivity index (χ4n) is 3.43. The summed E-state index contributed by atoms with van der Waals surface area (Å²) in [6.45, 7) is 11.6. The number of carbonyl (C=O) groups excluding carboxylic acids is 1. The number of aryl methyl sites for hydroxylation is 1. The van der Waals surface area contributed by atoms with Crippen molar-refractivity contribution in [1.82, 2.24) is 24.8 Å². The fraction of sp³-hybridized carbons (Fsp3) is 0.812. The van der Waals surface area contributed by atoms with Gasteiger partial charge in [0.1, 0.15) is 0 Å². The normalized spacial score (nSPS) is 22.8. The van der Waals surface area contributed by atoms with Crippen LogP contribution in [-0.2, 0) is 16.1 Å². The molecule has 134 valence electrons. The number of hydrogen-bond acceptors (Lipinski definition) is 7. The molecular weight excluding hydrogens is 310 g/mol. The van der Waals surface area contributed by atoms with Crippen LogP contribution in [0.1, 0.15) is 25.1 Å². The van der Waals surface area contributed by atoms with E-state index in [0.717, 1.165) is 58.9 Å². The van der Waals surface area contributed by atoms with E-state index in [9.17, 15) is 4.79 Å². The quantitative estimate of drug-likeness (QED) is 0.730. The summed E-state index contributed by atoms with van der Waals surface area (Å²) >= 11 is 0. The topological polar surface area (TPSA) is 74.9 Å². The molecule has 0 aromatic carbocycles. The molecule has 2 saturated heterocycles. The van der Waals surface area contributed by atoms with Gasteiger partial charge in [0.2, 0.25) is 11.8 Å². The van der Waals surface area contributed by atoms with Crippen LogP contribution in [-0.4, -0.2) is 89.3 Å². The fourth-order valence-corrected chi connectivity index (χ4v) is 3.43. The van der Waals surface area contributed by atoms with Crippen molar-refractivity contribution in [2.24, 2.45) is 0 Å². The number of aromatic nitrogens is 2. The lowest BCUT2D eigenvalue weighted by Gasteiger charge is -2.29. The lowest BCUT2D eigenvalue weighted by Crippen LogP contribution is -2.43. The summed E-state index contributed by atoms with van der Waals surface area (Å²) in [7, 11) is 0. The van der Waals surface area contributed by atoms with Gasteiger partial charge in [0.05, 0.1) is 19.8 Å². The third-order valence-electron chi connectivity index (χ3n) is 4.81. The number of amides is 1. The van der Waals surface area contributed by atoms with Crippen molar-refractivity contribution in [3.63, 3.8) is 0 Å². The summed E-state index contributed by atoms with van der Waals surface area (Å²) in [5.74, 6) is 1.18. The van der Waals surface area contributed by atoms with Gasteiger partial charge in [-0.2, -0.15) is 4.98 Å². The lowest BCUT2D eigenvalue weighted by atomic mass is 10.2. The monoisotopic (exact) mass is 337 g/mol. The van der Waals surface area contributed by atoms with Crippen LogP contribution in [0.2, 0.25) is 0 Å². The van der Waals surface area contributed by atoms with E-state index in [2.05, 4.69) is 19.9 Å². The van der Waals surface area contributed by atoms with Crippen molar-refractivity contribution >= 4 is 5.91 Å². The molecule has 1 amide bonds. The van der Waals surface area contributed by atoms with Gasteiger partial charge in [-0.3, -0.25) is 14.6 Å². The average molecular weight is 337 g/mol. The Morgan fingerprint density at radius 1 is 1.25 bits per heavy atom. The second-order valence-corrected chi connectivity index (χ2v) is 6.57. The maximum absolute atomic E-state index is 12.1. The molecule has 0 radical (unpaired) electrons. The molecule has 1 aromatic heterocycles. The van der Waals surface area contributed by atoms with Gasteiger partial charge < -0.3 is 14.2 Å². The number of carbonyl (C=O) groups is 1. The molecule has 0 N–H and O–H groups in total. The molecule has 0 unspecified atom stereocenters. The van der Waals surface area contributed by atoms with Crippen molar-refractivity contribution in [3.8, 4) is 0 Å². The Hall–Kier alpha value is -1.51. The van der Waals surface area contributed by atoms with Gasteiger partial charge in [0, 0.05) is 59.2 Å². The molecule has 2 fully saturated rings. The zero-order valence-electron chi connectivity index (χ0n) is 14.6. The van der Waals surface area contributed by atoms with Crippen LogP contribution in [0.3, 0.4) is 0 Å². The Bertz CT molecular complexity index is 544. The van der Waals surface area contributed by atoms with Crippen LogP contribution in [0.15, 0.2) is 4.52 Å². The molecule has 1 atom stereocenters. The van der Waals surface area contributed by atoms with Crippen LogP contribution in [0.4, 0.5) is 0 Å². The molecule has 0 saturated carbocycles. The van der Waals surface area contributed by atoms with E-state index < -0.39 is 0 Å². The van der Waals surface area contributed by atoms with Gasteiger partial charge in [-0.1, -0.05) is 5.16 Å². The van der Waals surface area contributed by atoms with E-state index in [1.807, 2.05) is 4.90 Å². The van der Waals surface area contributed by atoms with Crippen LogP contribution in [0.5, 0.6) is 0 Å². The minimum absolute atomic E-state index is 0.0671. The van der Waals surface area contributed by atoms with Crippen LogP contribution in [0.25, 0.3) is 0 Å². The summed E-state index contributed by atoms with van der Waals surface area (Å²) in [5, 5.41) is 3.91. The molecule has 8 heteroatoms. The summed E-state index contributed by atoms with van der Waals surface area (Å²) in [6, 6.07) is 0.228. The van der Waals surface area contributed by atoms with E-state index in [-0.39, 0.29) is 11.9 Å². The largest absolute Gasteiger partial charge is 0.379 e. The van der Waals surface area contributed by atoms with Crippen molar-refractivity contribution < 1.29 is 14.1 Å². The molecule has 2 aliphatic rings. The molecule has 0 spiro atoms. The van der Waals surface area contributed by atoms with Gasteiger partial charge in [0.25, 0.3) is 0 Å². The van der Waals surface area contributed by atoms with Crippen molar-refractivity contribution in [2.75, 3.05) is 52.5 Å². The first-order valence-electron chi connectivity index (χ1n) is 8.70. The Balaban J connectivity index is 1.49. The standard InChI is InChI=1S/C16H27N5O3/c1-13-17-16(18-24-13)12-21(14(2)22)15-3-4-20(11-15)6-5-19-7-9-23-10-8-19/h15H,3-12H2,1-2H3/t15-/m0/s1. The second kappa shape index (κ2) is 8.04. The molecular formula is C16H27N5O3. The van der Waals surface area contributed by atoms with Crippen LogP contribution in [0, 0.1) is 6.92 Å². The number of rotatable bonds is 6. The molecule has 8 nitrogen and oxygen atoms in total. The summed E-state index contributed by atoms with van der Waals surface area (Å²) in [4.78, 5) is 23.0. The summed E-state index contributed by atoms with van der Waals surface area (Å²) < 4.78 is 10.4. The maximum Gasteiger partial charge on any atom is 0.223 e. The number of morpholine rings is 1. The minimum Gasteiger partial charge on any atom is -0.379 e. The molecule has 3 rings (SSSR count). The maximum atomic E-state index is 12.1. The van der Waals surface area contributed by atoms with Gasteiger partial charge in [-0.25, -0.2) is 0 Å². The van der Waals surface area contributed by atoms with E-state index in [4.69, 9.17) is 9.26 Å². The van der Waals surface area contributed by atoms with Crippen LogP contribution < -0.4 is 0 Å². The summed E-state index contributed by atoms with van der Waals surface area (Å²) in [5.41, 5.74) is 0. The molecule has 1 aromatic rings. The van der Waals surface area contributed by atoms with Crippen LogP contribution >= 0.6 is 0 Å². The van der Waals surface area contributed by atoms with Gasteiger partial charge >= 0.3 is 0 Å². The van der Waals surface area contributed by atoms with Crippen molar-refractivity contribution in [3.05, 3.63) is 11.7 Å². The Labute approximate surface area is 142 Å². The summed E-state index contributed by atoms with van der Waals surface area (Å²) in [6.07, 6.45) is 1.000. The smallest absolute Gasteiger partial charge is 0.223 e. The minimum atomic E-state index is 0.0671. The highest BCUT2D eigenvalue weighted by atomic mass is 16.5. The van der Waals surface area contributed by atoms with Gasteiger partial charge in [0.15, 0.2) is 5.82 Å². The average Bonchev–Trinajstić information content (AvgIpc) is 3.20. The SMILES string of the molecule is CC(=O)N(Cc1noc(C)n1)[C@H]1CCN(CCN2CCOCC2)C1. The first-order valence-corrected chi connectivity index (χ1v) is 8.70. The number of likely N-dealkylation sites (tertiary alicyclic amines) is 1. The van der Waals surface area contributed by atoms with E-state index in [0.29, 0.717) is 18.3 Å². The third kappa shape index (κ3) is 4.52. The van der Waals surface area contributed by atoms with E-state index >= 15 is 0 Å². The Morgan fingerprint density at radius 2 is 2.00 bits per heavy atom. The highest BCUT2D eigenvalue weighted by Crippen LogP contribution is 2.18. The predicted molar refractivity (Wildman–Crippen MR) is 87.4 cm³/mol. The zero-order valence-corrected chi connectivity index (χ0v) is 14.6. The lowest BCUT2D eigenvalue weighted by molar-refractivity contribution is -0.131. The zero-order chi connectivity index (χ0) is 16.9. The number of hydrogen-bond donors (Lipinski definition) is 0. The molecule has 24 heavy (non-hydrogen) atoms. The molecule has 3 heterocycles. The highest BCUT2D eigenvalue weighted by molar-refractivity contribution is 5.73. The van der Waals surface area contributed by atoms with Crippen molar-refractivity contribution in [1.29, 1.82) is 0 Å². The van der Waals surface area contributed by atoms with Crippen molar-refractivity contribution in [2.45, 2.75) is 32.9 Å². The Kier molecular flexibility index (Phi) is 5.80. The molecule has 0 bridgehead atoms. The number of ether oxygens (including phenoxy) is 1. The highest BCUT2D eigenvalue weighted by Gasteiger charge is 2.30. The van der Waals surface area contributed by atoms with E-state index in [1.54, 1.807) is 13.8 Å².